The molecular weight excluding hydrogens is 218 g/mol. The van der Waals surface area contributed by atoms with Gasteiger partial charge in [0.25, 0.3) is 0 Å². The van der Waals surface area contributed by atoms with E-state index in [2.05, 4.69) is 74.6 Å². The lowest BCUT2D eigenvalue weighted by Gasteiger charge is -2.19. The van der Waals surface area contributed by atoms with Crippen molar-refractivity contribution in [3.63, 3.8) is 0 Å². The van der Waals surface area contributed by atoms with Gasteiger partial charge in [-0.2, -0.15) is 0 Å². The van der Waals surface area contributed by atoms with E-state index in [0.717, 1.165) is 6.54 Å². The predicted octanol–water partition coefficient (Wildman–Crippen LogP) is 4.60. The third kappa shape index (κ3) is 3.36. The highest BCUT2D eigenvalue weighted by molar-refractivity contribution is 5.46. The lowest BCUT2D eigenvalue weighted by molar-refractivity contribution is 0.590. The third-order valence-electron chi connectivity index (χ3n) is 3.09. The van der Waals surface area contributed by atoms with Crippen molar-refractivity contribution in [1.29, 1.82) is 0 Å². The minimum absolute atomic E-state index is 0.220. The molecule has 0 aliphatic rings. The van der Waals surface area contributed by atoms with E-state index in [1.165, 1.54) is 16.8 Å². The molecule has 0 aromatic heterocycles. The van der Waals surface area contributed by atoms with Crippen LogP contribution < -0.4 is 5.32 Å². The van der Waals surface area contributed by atoms with Crippen LogP contribution in [0.3, 0.4) is 0 Å². The van der Waals surface area contributed by atoms with Crippen LogP contribution in [0.1, 0.15) is 31.9 Å². The molecule has 0 amide bonds. The zero-order chi connectivity index (χ0) is 13.0. The molecule has 0 saturated carbocycles. The fourth-order valence-electron chi connectivity index (χ4n) is 1.89. The van der Waals surface area contributed by atoms with Crippen molar-refractivity contribution in [2.24, 2.45) is 0 Å². The Kier molecular flexibility index (Phi) is 3.71. The first-order valence-electron chi connectivity index (χ1n) is 6.44. The zero-order valence-electron chi connectivity index (χ0n) is 11.4. The van der Waals surface area contributed by atoms with Crippen molar-refractivity contribution in [1.82, 2.24) is 0 Å². The molecule has 0 spiro atoms. The lowest BCUT2D eigenvalue weighted by Crippen LogP contribution is -2.10. The summed E-state index contributed by atoms with van der Waals surface area (Å²) in [6.07, 6.45) is 0. The van der Waals surface area contributed by atoms with Crippen LogP contribution in [0.5, 0.6) is 0 Å². The summed E-state index contributed by atoms with van der Waals surface area (Å²) in [7, 11) is 0. The average Bonchev–Trinajstić information content (AvgIpc) is 2.37. The van der Waals surface area contributed by atoms with Gasteiger partial charge in [-0.15, -0.1) is 0 Å². The van der Waals surface area contributed by atoms with Crippen LogP contribution >= 0.6 is 0 Å². The van der Waals surface area contributed by atoms with E-state index in [4.69, 9.17) is 0 Å². The second kappa shape index (κ2) is 5.26. The fourth-order valence-corrected chi connectivity index (χ4v) is 1.89. The third-order valence-corrected chi connectivity index (χ3v) is 3.09. The van der Waals surface area contributed by atoms with Crippen LogP contribution in [-0.4, -0.2) is 0 Å². The van der Waals surface area contributed by atoms with Gasteiger partial charge in [0.1, 0.15) is 0 Å². The van der Waals surface area contributed by atoms with Gasteiger partial charge in [-0.3, -0.25) is 0 Å². The molecule has 18 heavy (non-hydrogen) atoms. The molecule has 0 aliphatic heterocycles. The summed E-state index contributed by atoms with van der Waals surface area (Å²) in [6, 6.07) is 19.2. The van der Waals surface area contributed by atoms with Gasteiger partial charge >= 0.3 is 0 Å². The maximum Gasteiger partial charge on any atom is 0.0400 e. The number of anilines is 1. The molecular formula is C17H21N. The summed E-state index contributed by atoms with van der Waals surface area (Å²) in [5.74, 6) is 0. The molecule has 94 valence electrons. The average molecular weight is 239 g/mol. The molecule has 0 saturated heterocycles. The van der Waals surface area contributed by atoms with Crippen molar-refractivity contribution < 1.29 is 0 Å². The summed E-state index contributed by atoms with van der Waals surface area (Å²) in [6.45, 7) is 7.58. The first-order chi connectivity index (χ1) is 8.55. The molecule has 1 heteroatoms. The molecule has 0 unspecified atom stereocenters. The van der Waals surface area contributed by atoms with Gasteiger partial charge in [0, 0.05) is 12.2 Å². The summed E-state index contributed by atoms with van der Waals surface area (Å²) in [4.78, 5) is 0. The number of hydrogen-bond donors (Lipinski definition) is 1. The van der Waals surface area contributed by atoms with E-state index in [9.17, 15) is 0 Å². The van der Waals surface area contributed by atoms with E-state index < -0.39 is 0 Å². The van der Waals surface area contributed by atoms with Crippen LogP contribution in [0, 0.1) is 0 Å². The first kappa shape index (κ1) is 12.7. The van der Waals surface area contributed by atoms with Gasteiger partial charge in [0.05, 0.1) is 0 Å². The minimum atomic E-state index is 0.220. The maximum atomic E-state index is 3.44. The SMILES string of the molecule is CC(C)(C)c1ccc(NCc2ccccc2)cc1. The number of nitrogens with one attached hydrogen (secondary N) is 1. The normalized spacial score (nSPS) is 11.3. The van der Waals surface area contributed by atoms with Crippen molar-refractivity contribution in [3.05, 3.63) is 65.7 Å². The van der Waals surface area contributed by atoms with Crippen molar-refractivity contribution in [3.8, 4) is 0 Å². The Morgan fingerprint density at radius 3 is 2.00 bits per heavy atom. The molecule has 0 atom stereocenters. The lowest BCUT2D eigenvalue weighted by atomic mass is 9.87. The van der Waals surface area contributed by atoms with E-state index in [1.807, 2.05) is 6.07 Å². The van der Waals surface area contributed by atoms with Crippen molar-refractivity contribution in [2.45, 2.75) is 32.7 Å². The molecule has 2 aromatic carbocycles. The largest absolute Gasteiger partial charge is 0.381 e. The van der Waals surface area contributed by atoms with Crippen LogP contribution in [0.25, 0.3) is 0 Å². The molecule has 0 bridgehead atoms. The number of benzene rings is 2. The van der Waals surface area contributed by atoms with Gasteiger partial charge in [-0.1, -0.05) is 63.2 Å². The Bertz CT molecular complexity index is 477. The van der Waals surface area contributed by atoms with E-state index >= 15 is 0 Å². The first-order valence-corrected chi connectivity index (χ1v) is 6.44. The fraction of sp³-hybridized carbons (Fsp3) is 0.294. The van der Waals surface area contributed by atoms with Gasteiger partial charge in [-0.25, -0.2) is 0 Å². The highest BCUT2D eigenvalue weighted by Gasteiger charge is 2.12. The second-order valence-corrected chi connectivity index (χ2v) is 5.67. The number of rotatable bonds is 3. The molecule has 0 heterocycles. The Morgan fingerprint density at radius 1 is 0.833 bits per heavy atom. The summed E-state index contributed by atoms with van der Waals surface area (Å²) in [5, 5.41) is 3.44. The maximum absolute atomic E-state index is 3.44. The van der Waals surface area contributed by atoms with Gasteiger partial charge in [0.15, 0.2) is 0 Å². The van der Waals surface area contributed by atoms with Crippen LogP contribution in [-0.2, 0) is 12.0 Å². The second-order valence-electron chi connectivity index (χ2n) is 5.67. The van der Waals surface area contributed by atoms with Gasteiger partial charge in [0.2, 0.25) is 0 Å². The monoisotopic (exact) mass is 239 g/mol. The predicted molar refractivity (Wildman–Crippen MR) is 78.9 cm³/mol. The highest BCUT2D eigenvalue weighted by atomic mass is 14.9. The van der Waals surface area contributed by atoms with Crippen molar-refractivity contribution >= 4 is 5.69 Å². The summed E-state index contributed by atoms with van der Waals surface area (Å²) < 4.78 is 0. The molecule has 0 radical (unpaired) electrons. The smallest absolute Gasteiger partial charge is 0.0400 e. The molecule has 0 fully saturated rings. The van der Waals surface area contributed by atoms with Crippen LogP contribution in [0.2, 0.25) is 0 Å². The van der Waals surface area contributed by atoms with E-state index in [1.54, 1.807) is 0 Å². The molecule has 0 aliphatic carbocycles. The van der Waals surface area contributed by atoms with Crippen molar-refractivity contribution in [2.75, 3.05) is 5.32 Å². The Hall–Kier alpha value is -1.76. The standard InChI is InChI=1S/C17H21N/c1-17(2,3)15-9-11-16(12-10-15)18-13-14-7-5-4-6-8-14/h4-12,18H,13H2,1-3H3. The summed E-state index contributed by atoms with van der Waals surface area (Å²) >= 11 is 0. The van der Waals surface area contributed by atoms with Gasteiger partial charge in [-0.05, 0) is 28.7 Å². The molecule has 2 rings (SSSR count). The Morgan fingerprint density at radius 2 is 1.44 bits per heavy atom. The minimum Gasteiger partial charge on any atom is -0.381 e. The van der Waals surface area contributed by atoms with Crippen LogP contribution in [0.15, 0.2) is 54.6 Å². The Balaban J connectivity index is 1.99. The molecule has 2 aromatic rings. The van der Waals surface area contributed by atoms with Crippen LogP contribution in [0.4, 0.5) is 5.69 Å². The van der Waals surface area contributed by atoms with Gasteiger partial charge < -0.3 is 5.32 Å². The molecule has 1 N–H and O–H groups in total. The topological polar surface area (TPSA) is 12.0 Å². The van der Waals surface area contributed by atoms with E-state index in [-0.39, 0.29) is 5.41 Å². The molecule has 1 nitrogen and oxygen atoms in total. The number of hydrogen-bond acceptors (Lipinski definition) is 1. The van der Waals surface area contributed by atoms with E-state index in [0.29, 0.717) is 0 Å². The quantitative estimate of drug-likeness (QED) is 0.825. The Labute approximate surface area is 110 Å². The summed E-state index contributed by atoms with van der Waals surface area (Å²) in [5.41, 5.74) is 4.06. The highest BCUT2D eigenvalue weighted by Crippen LogP contribution is 2.23. The zero-order valence-corrected chi connectivity index (χ0v) is 11.4.